The van der Waals surface area contributed by atoms with E-state index in [0.29, 0.717) is 71.5 Å². The zero-order valence-corrected chi connectivity index (χ0v) is 30.6. The van der Waals surface area contributed by atoms with Gasteiger partial charge in [-0.3, -0.25) is 48.2 Å². The second-order valence-electron chi connectivity index (χ2n) is 12.4. The maximum absolute atomic E-state index is 13.4. The summed E-state index contributed by atoms with van der Waals surface area (Å²) in [6.07, 6.45) is 1.43. The van der Waals surface area contributed by atoms with Gasteiger partial charge in [0, 0.05) is 77.9 Å². The predicted octanol–water partition coefficient (Wildman–Crippen LogP) is 2.76. The van der Waals surface area contributed by atoms with E-state index in [-0.39, 0.29) is 23.1 Å². The van der Waals surface area contributed by atoms with Crippen LogP contribution in [0, 0.1) is 10.1 Å². The molecule has 4 N–H and O–H groups in total. The molecule has 0 spiro atoms. The summed E-state index contributed by atoms with van der Waals surface area (Å²) in [5.74, 6) is -1.62. The first kappa shape index (κ1) is 40.6. The molecule has 0 saturated carbocycles. The highest BCUT2D eigenvalue weighted by molar-refractivity contribution is 7.85. The van der Waals surface area contributed by atoms with Crippen LogP contribution in [0.3, 0.4) is 0 Å². The van der Waals surface area contributed by atoms with Crippen molar-refractivity contribution in [3.05, 3.63) is 99.1 Å². The molecule has 4 aromatic carbocycles. The van der Waals surface area contributed by atoms with Crippen LogP contribution in [-0.4, -0.2) is 115 Å². The molecule has 0 fully saturated rings. The molecule has 53 heavy (non-hydrogen) atoms. The Morgan fingerprint density at radius 2 is 0.981 bits per heavy atom. The number of hydrogen-bond acceptors (Lipinski definition) is 12. The average Bonchev–Trinajstić information content (AvgIpc) is 3.05. The Kier molecular flexibility index (Phi) is 12.4. The van der Waals surface area contributed by atoms with Crippen LogP contribution < -0.4 is 10.6 Å². The van der Waals surface area contributed by atoms with Gasteiger partial charge in [0.25, 0.3) is 49.6 Å². The third-order valence-corrected chi connectivity index (χ3v) is 8.11. The number of nitrogens with zero attached hydrogens (tertiary/aromatic N) is 3. The molecule has 4 aromatic rings. The number of hydrogen-bond donors (Lipinski definition) is 4. The van der Waals surface area contributed by atoms with Gasteiger partial charge in [0.2, 0.25) is 0 Å². The maximum Gasteiger partial charge on any atom is 0.270 e. The number of nitrogens with one attached hydrogen (secondary N) is 2. The van der Waals surface area contributed by atoms with Crippen LogP contribution in [0.5, 0.6) is 0 Å². The number of nitro groups is 1. The Labute approximate surface area is 304 Å². The lowest BCUT2D eigenvalue weighted by molar-refractivity contribution is -0.384. The van der Waals surface area contributed by atoms with E-state index in [1.165, 1.54) is 17.0 Å². The quantitative estimate of drug-likeness (QED) is 0.0595. The second-order valence-corrected chi connectivity index (χ2v) is 15.3. The SMILES string of the molecule is CS(=O)(=O)O.CS(=O)(=O)O.C[C@H](CNCCNC[C@@H](C)N1C(=O)c2cccc3cc([N+](=O)[O-])cc(c23)C1=O)N1C(=O)c2cccc3cccc(c23)C1=O. The molecule has 4 amide bonds. The Hall–Kier alpha value is -5.18. The third kappa shape index (κ3) is 9.83. The molecule has 6 rings (SSSR count). The Morgan fingerprint density at radius 3 is 1.36 bits per heavy atom. The van der Waals surface area contributed by atoms with Gasteiger partial charge in [-0.15, -0.1) is 0 Å². The van der Waals surface area contributed by atoms with Gasteiger partial charge in [-0.2, -0.15) is 16.8 Å². The van der Waals surface area contributed by atoms with Gasteiger partial charge in [-0.25, -0.2) is 0 Å². The van der Waals surface area contributed by atoms with E-state index >= 15 is 0 Å². The first-order valence-electron chi connectivity index (χ1n) is 15.9. The van der Waals surface area contributed by atoms with Crippen molar-refractivity contribution in [1.82, 2.24) is 20.4 Å². The summed E-state index contributed by atoms with van der Waals surface area (Å²) in [5.41, 5.74) is 1.31. The lowest BCUT2D eigenvalue weighted by atomic mass is 9.92. The van der Waals surface area contributed by atoms with E-state index in [1.54, 1.807) is 37.3 Å². The fraction of sp³-hybridized carbons (Fsp3) is 0.294. The molecule has 0 bridgehead atoms. The van der Waals surface area contributed by atoms with Crippen LogP contribution in [0.15, 0.2) is 66.7 Å². The smallest absolute Gasteiger partial charge is 0.270 e. The van der Waals surface area contributed by atoms with E-state index in [1.807, 2.05) is 31.2 Å². The van der Waals surface area contributed by atoms with Crippen LogP contribution in [0.2, 0.25) is 0 Å². The number of nitro benzene ring substituents is 1. The van der Waals surface area contributed by atoms with Gasteiger partial charge in [0.15, 0.2) is 0 Å². The molecule has 0 unspecified atom stereocenters. The lowest BCUT2D eigenvalue weighted by Gasteiger charge is -2.32. The molecule has 19 heteroatoms. The Balaban J connectivity index is 0.000000556. The minimum absolute atomic E-state index is 0.141. The van der Waals surface area contributed by atoms with Crippen molar-refractivity contribution < 1.29 is 50.0 Å². The highest BCUT2D eigenvalue weighted by atomic mass is 32.2. The van der Waals surface area contributed by atoms with Crippen molar-refractivity contribution in [1.29, 1.82) is 0 Å². The summed E-state index contributed by atoms with van der Waals surface area (Å²) in [5, 5.41) is 20.4. The summed E-state index contributed by atoms with van der Waals surface area (Å²) in [6, 6.07) is 17.5. The average molecular weight is 772 g/mol. The molecule has 0 saturated heterocycles. The van der Waals surface area contributed by atoms with E-state index in [9.17, 15) is 46.1 Å². The molecule has 2 heterocycles. The molecule has 17 nitrogen and oxygen atoms in total. The van der Waals surface area contributed by atoms with E-state index in [0.717, 1.165) is 10.3 Å². The summed E-state index contributed by atoms with van der Waals surface area (Å²) in [7, 11) is -7.33. The van der Waals surface area contributed by atoms with Crippen LogP contribution in [0.4, 0.5) is 5.69 Å². The van der Waals surface area contributed by atoms with Crippen molar-refractivity contribution in [2.24, 2.45) is 0 Å². The van der Waals surface area contributed by atoms with Crippen LogP contribution in [0.1, 0.15) is 55.3 Å². The van der Waals surface area contributed by atoms with Gasteiger partial charge in [0.05, 0.1) is 23.0 Å². The molecule has 0 aromatic heterocycles. The van der Waals surface area contributed by atoms with Gasteiger partial charge in [-0.05, 0) is 42.8 Å². The van der Waals surface area contributed by atoms with Crippen molar-refractivity contribution in [2.45, 2.75) is 25.9 Å². The highest BCUT2D eigenvalue weighted by Crippen LogP contribution is 2.34. The van der Waals surface area contributed by atoms with Crippen LogP contribution in [-0.2, 0) is 20.2 Å². The summed E-state index contributed by atoms with van der Waals surface area (Å²) < 4.78 is 51.7. The molecule has 2 aliphatic rings. The van der Waals surface area contributed by atoms with E-state index < -0.39 is 49.1 Å². The van der Waals surface area contributed by atoms with Crippen molar-refractivity contribution in [3.8, 4) is 0 Å². The molecular formula is C34H37N5O12S2. The van der Waals surface area contributed by atoms with Gasteiger partial charge in [0.1, 0.15) is 0 Å². The topological polar surface area (TPSA) is 251 Å². The third-order valence-electron chi connectivity index (χ3n) is 8.11. The second kappa shape index (κ2) is 16.2. The fourth-order valence-corrected chi connectivity index (χ4v) is 6.05. The first-order chi connectivity index (χ1) is 24.7. The minimum atomic E-state index is -3.67. The molecule has 282 valence electrons. The number of carbonyl (C=O) groups is 4. The summed E-state index contributed by atoms with van der Waals surface area (Å²) in [6.45, 7) is 5.26. The van der Waals surface area contributed by atoms with Gasteiger partial charge < -0.3 is 10.6 Å². The first-order valence-corrected chi connectivity index (χ1v) is 19.6. The zero-order valence-electron chi connectivity index (χ0n) is 29.0. The molecule has 0 radical (unpaired) electrons. The number of non-ortho nitro benzene ring substituents is 1. The van der Waals surface area contributed by atoms with E-state index in [4.69, 9.17) is 9.11 Å². The Morgan fingerprint density at radius 1 is 0.642 bits per heavy atom. The zero-order chi connectivity index (χ0) is 39.4. The summed E-state index contributed by atoms with van der Waals surface area (Å²) in [4.78, 5) is 66.5. The normalized spacial score (nSPS) is 15.1. The van der Waals surface area contributed by atoms with Crippen molar-refractivity contribution in [2.75, 3.05) is 38.7 Å². The van der Waals surface area contributed by atoms with Gasteiger partial charge in [-0.1, -0.05) is 36.4 Å². The summed E-state index contributed by atoms with van der Waals surface area (Å²) >= 11 is 0. The fourth-order valence-electron chi connectivity index (χ4n) is 6.05. The van der Waals surface area contributed by atoms with E-state index in [2.05, 4.69) is 10.6 Å². The highest BCUT2D eigenvalue weighted by Gasteiger charge is 2.37. The molecule has 2 atom stereocenters. The predicted molar refractivity (Wildman–Crippen MR) is 195 cm³/mol. The van der Waals surface area contributed by atoms with Crippen molar-refractivity contribution >= 4 is 71.1 Å². The van der Waals surface area contributed by atoms with Crippen LogP contribution >= 0.6 is 0 Å². The maximum atomic E-state index is 13.4. The lowest BCUT2D eigenvalue weighted by Crippen LogP contribution is -2.51. The van der Waals surface area contributed by atoms with Crippen LogP contribution in [0.25, 0.3) is 21.5 Å². The number of carbonyl (C=O) groups excluding carboxylic acids is 4. The standard InChI is InChI=1S/C32H29N5O6.2CH4O3S/c1-18(35-29(38)23-9-3-6-20-7-4-10-24(27(20)23)30(35)39)16-33-12-13-34-17-19(2)36-31(40)25-11-5-8-21-14-22(37(42)43)15-26(28(21)25)32(36)41;2*1-5(2,3)4/h3-11,14-15,18-19,33-34H,12-13,16-17H2,1-2H3;2*1H3,(H,2,3,4)/t18-,19-;;/m1../s1. The molecule has 2 aliphatic heterocycles. The number of imide groups is 2. The molecule has 0 aliphatic carbocycles. The minimum Gasteiger partial charge on any atom is -0.313 e. The number of amides is 4. The molecular weight excluding hydrogens is 735 g/mol. The number of rotatable bonds is 10. The monoisotopic (exact) mass is 771 g/mol. The Bertz CT molecular complexity index is 2250. The largest absolute Gasteiger partial charge is 0.313 e. The number of benzene rings is 4. The van der Waals surface area contributed by atoms with Crippen molar-refractivity contribution in [3.63, 3.8) is 0 Å². The van der Waals surface area contributed by atoms with Gasteiger partial charge >= 0.3 is 0 Å².